The fraction of sp³-hybridized carbons (Fsp3) is 0.500. The molecule has 1 atom stereocenters. The Morgan fingerprint density at radius 2 is 2.09 bits per heavy atom. The molecule has 3 aromatic heterocycles. The molecule has 1 unspecified atom stereocenters. The topological polar surface area (TPSA) is 135 Å². The molecule has 4 N–H and O–H groups in total. The van der Waals surface area contributed by atoms with Crippen LogP contribution in [0.3, 0.4) is 0 Å². The van der Waals surface area contributed by atoms with E-state index in [0.717, 1.165) is 25.7 Å². The van der Waals surface area contributed by atoms with Gasteiger partial charge in [0.05, 0.1) is 12.3 Å². The minimum absolute atomic E-state index is 0.0202. The van der Waals surface area contributed by atoms with Crippen LogP contribution in [0.1, 0.15) is 49.0 Å². The van der Waals surface area contributed by atoms with Crippen molar-refractivity contribution in [2.24, 2.45) is 5.92 Å². The van der Waals surface area contributed by atoms with Crippen LogP contribution in [0.2, 0.25) is 0 Å². The van der Waals surface area contributed by atoms with Crippen molar-refractivity contribution in [2.45, 2.75) is 44.8 Å². The Morgan fingerprint density at radius 1 is 1.31 bits per heavy atom. The highest BCUT2D eigenvalue weighted by Crippen LogP contribution is 2.29. The maximum Gasteiger partial charge on any atom is 0.274 e. The summed E-state index contributed by atoms with van der Waals surface area (Å²) in [6, 6.07) is 5.44. The number of hydrogen-bond donors (Lipinski definition) is 4. The number of hydrogen-bond acceptors (Lipinski definition) is 8. The number of carbonyl (C=O) groups excluding carboxylic acids is 1. The number of ether oxygens (including phenoxy) is 1. The molecule has 3 aromatic rings. The molecule has 1 fully saturated rings. The summed E-state index contributed by atoms with van der Waals surface area (Å²) in [6.07, 6.45) is 7.17. The van der Waals surface area contributed by atoms with Crippen LogP contribution >= 0.6 is 0 Å². The molecule has 0 aliphatic heterocycles. The van der Waals surface area contributed by atoms with Crippen LogP contribution < -0.4 is 21.5 Å². The fourth-order valence-corrected chi connectivity index (χ4v) is 4.38. The first-order valence-corrected chi connectivity index (χ1v) is 11.9. The largest absolute Gasteiger partial charge is 0.396 e. The van der Waals surface area contributed by atoms with Gasteiger partial charge in [0, 0.05) is 45.6 Å². The van der Waals surface area contributed by atoms with Crippen LogP contribution in [0.15, 0.2) is 35.4 Å². The van der Waals surface area contributed by atoms with Gasteiger partial charge in [0.25, 0.3) is 11.5 Å². The number of aliphatic hydroxyl groups is 1. The molecule has 1 saturated carbocycles. The standard InChI is InChI=1S/C24H33N7O4/c1-15(14-32)12-26-23(33)18-13-27-31-21(25-2)11-20(29-22(18)31)28-19-5-4-10-30(24(19)34)16-6-8-17(35-3)9-7-16/h4-5,10-11,13,15-17,25,32H,6-9,12,14H2,1-3H3,(H,26,33)(H,28,29). The van der Waals surface area contributed by atoms with Crippen LogP contribution in [-0.2, 0) is 4.74 Å². The second kappa shape index (κ2) is 10.9. The van der Waals surface area contributed by atoms with E-state index in [1.54, 1.807) is 30.9 Å². The van der Waals surface area contributed by atoms with E-state index < -0.39 is 0 Å². The van der Waals surface area contributed by atoms with E-state index in [-0.39, 0.29) is 36.1 Å². The number of nitrogens with one attached hydrogen (secondary N) is 3. The highest BCUT2D eigenvalue weighted by Gasteiger charge is 2.23. The van der Waals surface area contributed by atoms with Gasteiger partial charge in [-0.2, -0.15) is 9.61 Å². The average molecular weight is 484 g/mol. The van der Waals surface area contributed by atoms with Gasteiger partial charge in [0.15, 0.2) is 5.65 Å². The van der Waals surface area contributed by atoms with E-state index in [0.29, 0.717) is 35.1 Å². The third-order valence-corrected chi connectivity index (χ3v) is 6.50. The summed E-state index contributed by atoms with van der Waals surface area (Å²) in [5, 5.41) is 22.5. The van der Waals surface area contributed by atoms with Gasteiger partial charge in [-0.05, 0) is 43.7 Å². The molecule has 0 spiro atoms. The van der Waals surface area contributed by atoms with Gasteiger partial charge in [0.1, 0.15) is 22.9 Å². The lowest BCUT2D eigenvalue weighted by Crippen LogP contribution is -2.30. The van der Waals surface area contributed by atoms with Crippen LogP contribution in [0, 0.1) is 5.92 Å². The van der Waals surface area contributed by atoms with E-state index in [2.05, 4.69) is 26.0 Å². The van der Waals surface area contributed by atoms with Gasteiger partial charge in [0.2, 0.25) is 0 Å². The van der Waals surface area contributed by atoms with E-state index >= 15 is 0 Å². The lowest BCUT2D eigenvalue weighted by atomic mass is 9.92. The SMILES string of the molecule is CNc1cc(Nc2cccn(C3CCC(OC)CC3)c2=O)nc2c(C(=O)NCC(C)CO)cnn12. The van der Waals surface area contributed by atoms with Crippen LogP contribution in [0.4, 0.5) is 17.3 Å². The maximum absolute atomic E-state index is 13.3. The number of fused-ring (bicyclic) bond motifs is 1. The summed E-state index contributed by atoms with van der Waals surface area (Å²) >= 11 is 0. The molecule has 35 heavy (non-hydrogen) atoms. The third kappa shape index (κ3) is 5.30. The van der Waals surface area contributed by atoms with Gasteiger partial charge in [-0.15, -0.1) is 0 Å². The van der Waals surface area contributed by atoms with Crippen molar-refractivity contribution >= 4 is 28.9 Å². The van der Waals surface area contributed by atoms with E-state index in [4.69, 9.17) is 4.74 Å². The number of amides is 1. The summed E-state index contributed by atoms with van der Waals surface area (Å²) in [6.45, 7) is 2.15. The molecule has 4 rings (SSSR count). The predicted molar refractivity (Wildman–Crippen MR) is 133 cm³/mol. The second-order valence-electron chi connectivity index (χ2n) is 8.99. The number of aromatic nitrogens is 4. The Hall–Kier alpha value is -3.44. The Bertz CT molecular complexity index is 1230. The first-order chi connectivity index (χ1) is 16.9. The fourth-order valence-electron chi connectivity index (χ4n) is 4.38. The molecule has 188 valence electrons. The first-order valence-electron chi connectivity index (χ1n) is 11.9. The number of pyridine rings is 1. The van der Waals surface area contributed by atoms with Gasteiger partial charge in [-0.25, -0.2) is 4.98 Å². The number of nitrogens with zero attached hydrogens (tertiary/aromatic N) is 4. The molecule has 0 saturated heterocycles. The van der Waals surface area contributed by atoms with Gasteiger partial charge in [-0.1, -0.05) is 6.92 Å². The molecular weight excluding hydrogens is 450 g/mol. The van der Waals surface area contributed by atoms with Crippen molar-refractivity contribution < 1.29 is 14.6 Å². The second-order valence-corrected chi connectivity index (χ2v) is 8.99. The van der Waals surface area contributed by atoms with Crippen molar-refractivity contribution in [3.05, 3.63) is 46.5 Å². The van der Waals surface area contributed by atoms with E-state index in [9.17, 15) is 14.7 Å². The molecule has 11 nitrogen and oxygen atoms in total. The summed E-state index contributed by atoms with van der Waals surface area (Å²) in [4.78, 5) is 30.6. The van der Waals surface area contributed by atoms with Crippen molar-refractivity contribution in [3.8, 4) is 0 Å². The maximum atomic E-state index is 13.3. The van der Waals surface area contributed by atoms with Crippen LogP contribution in [-0.4, -0.2) is 63.6 Å². The summed E-state index contributed by atoms with van der Waals surface area (Å²) in [7, 11) is 3.48. The Kier molecular flexibility index (Phi) is 7.67. The van der Waals surface area contributed by atoms with Crippen LogP contribution in [0.5, 0.6) is 0 Å². The minimum Gasteiger partial charge on any atom is -0.396 e. The van der Waals surface area contributed by atoms with Gasteiger partial charge in [-0.3, -0.25) is 9.59 Å². The molecule has 1 aliphatic carbocycles. The average Bonchev–Trinajstić information content (AvgIpc) is 3.32. The summed E-state index contributed by atoms with van der Waals surface area (Å²) < 4.78 is 8.78. The minimum atomic E-state index is -0.333. The number of anilines is 3. The lowest BCUT2D eigenvalue weighted by Gasteiger charge is -2.29. The monoisotopic (exact) mass is 483 g/mol. The molecular formula is C24H33N7O4. The van der Waals surface area contributed by atoms with E-state index in [1.807, 2.05) is 19.2 Å². The molecule has 1 amide bonds. The highest BCUT2D eigenvalue weighted by atomic mass is 16.5. The molecule has 0 bridgehead atoms. The number of carbonyl (C=O) groups is 1. The summed E-state index contributed by atoms with van der Waals surface area (Å²) in [5.74, 6) is 0.622. The van der Waals surface area contributed by atoms with Gasteiger partial charge >= 0.3 is 0 Å². The molecule has 0 radical (unpaired) electrons. The third-order valence-electron chi connectivity index (χ3n) is 6.50. The quantitative estimate of drug-likeness (QED) is 0.364. The van der Waals surface area contributed by atoms with Crippen molar-refractivity contribution in [1.82, 2.24) is 24.5 Å². The zero-order valence-electron chi connectivity index (χ0n) is 20.3. The lowest BCUT2D eigenvalue weighted by molar-refractivity contribution is 0.0580. The number of aliphatic hydroxyl groups excluding tert-OH is 1. The van der Waals surface area contributed by atoms with Crippen molar-refractivity contribution in [2.75, 3.05) is 37.9 Å². The Morgan fingerprint density at radius 3 is 2.77 bits per heavy atom. The zero-order valence-corrected chi connectivity index (χ0v) is 20.3. The van der Waals surface area contributed by atoms with Crippen molar-refractivity contribution in [1.29, 1.82) is 0 Å². The molecule has 11 heteroatoms. The molecule has 3 heterocycles. The van der Waals surface area contributed by atoms with Crippen molar-refractivity contribution in [3.63, 3.8) is 0 Å². The Balaban J connectivity index is 1.61. The normalized spacial score (nSPS) is 18.9. The van der Waals surface area contributed by atoms with Crippen LogP contribution in [0.25, 0.3) is 5.65 Å². The number of rotatable bonds is 9. The smallest absolute Gasteiger partial charge is 0.274 e. The first kappa shape index (κ1) is 24.7. The highest BCUT2D eigenvalue weighted by molar-refractivity contribution is 6.00. The number of methoxy groups -OCH3 is 1. The Labute approximate surface area is 203 Å². The molecule has 0 aromatic carbocycles. The molecule has 1 aliphatic rings. The predicted octanol–water partition coefficient (Wildman–Crippen LogP) is 2.16. The van der Waals surface area contributed by atoms with E-state index in [1.165, 1.54) is 10.7 Å². The summed E-state index contributed by atoms with van der Waals surface area (Å²) in [5.41, 5.74) is 0.936. The van der Waals surface area contributed by atoms with Gasteiger partial charge < -0.3 is 30.4 Å². The zero-order chi connectivity index (χ0) is 24.9.